The molecule has 12 nitrogen and oxygen atoms in total. The summed E-state index contributed by atoms with van der Waals surface area (Å²) in [4.78, 5) is 56.8. The van der Waals surface area contributed by atoms with Crippen LogP contribution in [-0.2, 0) is 21.5 Å². The third-order valence-corrected chi connectivity index (χ3v) is 7.03. The van der Waals surface area contributed by atoms with Gasteiger partial charge >= 0.3 is 6.09 Å². The van der Waals surface area contributed by atoms with E-state index in [4.69, 9.17) is 4.42 Å². The van der Waals surface area contributed by atoms with Crippen molar-refractivity contribution < 1.29 is 23.5 Å². The second kappa shape index (κ2) is 12.8. The molecule has 2 aromatic carbocycles. The fourth-order valence-electron chi connectivity index (χ4n) is 4.50. The Labute approximate surface area is 248 Å². The number of hydrogen-bond donors (Lipinski definition) is 2. The van der Waals surface area contributed by atoms with Crippen molar-refractivity contribution in [3.63, 3.8) is 0 Å². The quantitative estimate of drug-likeness (QED) is 0.261. The highest BCUT2D eigenvalue weighted by Gasteiger charge is 2.34. The minimum Gasteiger partial charge on any atom is -0.453 e. The predicted octanol–water partition coefficient (Wildman–Crippen LogP) is 4.13. The van der Waals surface area contributed by atoms with E-state index in [1.165, 1.54) is 7.11 Å². The minimum absolute atomic E-state index is 0.129. The van der Waals surface area contributed by atoms with E-state index in [0.717, 1.165) is 10.1 Å². The van der Waals surface area contributed by atoms with Gasteiger partial charge in [-0.3, -0.25) is 24.3 Å². The molecular formula is C31H34N6O6. The van der Waals surface area contributed by atoms with E-state index in [-0.39, 0.29) is 34.9 Å². The smallest absolute Gasteiger partial charge is 0.411 e. The monoisotopic (exact) mass is 586 g/mol. The number of ether oxygens (including phenoxy) is 1. The number of rotatable bonds is 10. The number of carbonyl (C=O) groups is 3. The summed E-state index contributed by atoms with van der Waals surface area (Å²) in [5, 5.41) is 13.2. The second-order valence-electron chi connectivity index (χ2n) is 10.8. The van der Waals surface area contributed by atoms with Crippen molar-refractivity contribution in [1.29, 1.82) is 0 Å². The van der Waals surface area contributed by atoms with Gasteiger partial charge in [-0.25, -0.2) is 9.78 Å². The molecule has 4 rings (SSSR count). The highest BCUT2D eigenvalue weighted by atomic mass is 16.5. The molecule has 0 saturated carbocycles. The molecule has 0 saturated heterocycles. The number of anilines is 1. The Hall–Kier alpha value is -5.13. The Morgan fingerprint density at radius 3 is 2.23 bits per heavy atom. The van der Waals surface area contributed by atoms with Crippen molar-refractivity contribution in [1.82, 2.24) is 25.1 Å². The van der Waals surface area contributed by atoms with Crippen molar-refractivity contribution in [3.8, 4) is 11.4 Å². The number of aromatic nitrogens is 4. The van der Waals surface area contributed by atoms with Gasteiger partial charge in [-0.2, -0.15) is 0 Å². The van der Waals surface area contributed by atoms with E-state index < -0.39 is 41.3 Å². The van der Waals surface area contributed by atoms with Gasteiger partial charge in [0.25, 0.3) is 11.4 Å². The highest BCUT2D eigenvalue weighted by Crippen LogP contribution is 2.30. The fourth-order valence-corrected chi connectivity index (χ4v) is 4.50. The summed E-state index contributed by atoms with van der Waals surface area (Å²) in [6, 6.07) is 17.4. The summed E-state index contributed by atoms with van der Waals surface area (Å²) in [6.07, 6.45) is -0.856. The van der Waals surface area contributed by atoms with Gasteiger partial charge in [0.1, 0.15) is 18.1 Å². The van der Waals surface area contributed by atoms with Gasteiger partial charge in [0.15, 0.2) is 0 Å². The summed E-state index contributed by atoms with van der Waals surface area (Å²) in [5.74, 6) is -1.31. The molecule has 2 N–H and O–H groups in total. The van der Waals surface area contributed by atoms with Gasteiger partial charge in [0, 0.05) is 5.56 Å². The van der Waals surface area contributed by atoms with E-state index >= 15 is 0 Å². The van der Waals surface area contributed by atoms with Crippen molar-refractivity contribution in [2.24, 2.45) is 5.92 Å². The van der Waals surface area contributed by atoms with Crippen molar-refractivity contribution in [3.05, 3.63) is 94.1 Å². The average Bonchev–Trinajstić information content (AvgIpc) is 3.51. The van der Waals surface area contributed by atoms with E-state index in [1.54, 1.807) is 51.1 Å². The molecule has 0 radical (unpaired) electrons. The highest BCUT2D eigenvalue weighted by molar-refractivity contribution is 5.98. The van der Waals surface area contributed by atoms with Gasteiger partial charge in [0.05, 0.1) is 24.3 Å². The number of benzene rings is 2. The van der Waals surface area contributed by atoms with Gasteiger partial charge < -0.3 is 14.5 Å². The molecule has 0 aliphatic heterocycles. The molecule has 1 atom stereocenters. The average molecular weight is 587 g/mol. The molecule has 43 heavy (non-hydrogen) atoms. The third kappa shape index (κ3) is 6.69. The number of hydrogen-bond acceptors (Lipinski definition) is 9. The van der Waals surface area contributed by atoms with Crippen LogP contribution in [0.15, 0.2) is 69.9 Å². The van der Waals surface area contributed by atoms with Crippen LogP contribution in [0.25, 0.3) is 11.4 Å². The number of nitrogens with zero attached hydrogens (tertiary/aromatic N) is 4. The maximum atomic E-state index is 13.5. The summed E-state index contributed by atoms with van der Waals surface area (Å²) in [5.41, 5.74) is 0.299. The number of carbonyl (C=O) groups excluding carboxylic acids is 3. The topological polar surface area (TPSA) is 158 Å². The Bertz CT molecular complexity index is 1680. The van der Waals surface area contributed by atoms with E-state index in [0.29, 0.717) is 5.56 Å². The molecule has 0 spiro atoms. The van der Waals surface area contributed by atoms with Crippen LogP contribution in [0, 0.1) is 12.8 Å². The maximum Gasteiger partial charge on any atom is 0.411 e. The van der Waals surface area contributed by atoms with Crippen LogP contribution in [0.2, 0.25) is 0 Å². The van der Waals surface area contributed by atoms with Gasteiger partial charge in [-0.1, -0.05) is 74.5 Å². The number of aryl methyl sites for hydroxylation is 1. The first kappa shape index (κ1) is 30.8. The minimum atomic E-state index is -1.03. The molecule has 2 aromatic heterocycles. The number of amides is 2. The Morgan fingerprint density at radius 2 is 1.63 bits per heavy atom. The first-order valence-corrected chi connectivity index (χ1v) is 13.7. The molecule has 4 aromatic rings. The van der Waals surface area contributed by atoms with E-state index in [1.807, 2.05) is 44.2 Å². The lowest BCUT2D eigenvalue weighted by Gasteiger charge is -2.22. The third-order valence-electron chi connectivity index (χ3n) is 7.03. The number of nitrogens with one attached hydrogen (secondary N) is 2. The SMILES string of the molecule is COC(=O)Nc1c(C)nc(-c2ccccc2)n(CC(=O)N[C@H](C(=O)c2nnc(C(C)(C)c3ccccc3)o2)C(C)C)c1=O. The first-order valence-electron chi connectivity index (χ1n) is 13.7. The van der Waals surface area contributed by atoms with Crippen molar-refractivity contribution in [2.75, 3.05) is 12.4 Å². The Morgan fingerprint density at radius 1 is 1.00 bits per heavy atom. The van der Waals surface area contributed by atoms with Crippen LogP contribution >= 0.6 is 0 Å². The van der Waals surface area contributed by atoms with Crippen LogP contribution in [-0.4, -0.2) is 50.7 Å². The molecule has 0 aliphatic carbocycles. The standard InChI is InChI=1S/C31H34N6O6/c1-18(2)23(25(39)27-35-36-29(43-27)31(4,5)21-15-11-8-12-16-21)33-22(38)17-37-26(20-13-9-7-10-14-20)32-19(3)24(28(37)40)34-30(41)42-6/h7-16,18,23H,17H2,1-6H3,(H,33,38)(H,34,41)/t23-/m0/s1. The molecule has 0 bridgehead atoms. The number of Topliss-reactive ketones (excluding diaryl/α,β-unsaturated/α-hetero) is 1. The van der Waals surface area contributed by atoms with E-state index in [9.17, 15) is 19.2 Å². The Kier molecular flexibility index (Phi) is 9.18. The lowest BCUT2D eigenvalue weighted by Crippen LogP contribution is -2.47. The summed E-state index contributed by atoms with van der Waals surface area (Å²) in [7, 11) is 1.17. The molecule has 2 heterocycles. The van der Waals surface area contributed by atoms with Crippen molar-refractivity contribution >= 4 is 23.5 Å². The van der Waals surface area contributed by atoms with Gasteiger partial charge in [0.2, 0.25) is 17.6 Å². The van der Waals surface area contributed by atoms with Crippen LogP contribution in [0.5, 0.6) is 0 Å². The van der Waals surface area contributed by atoms with Crippen LogP contribution in [0.3, 0.4) is 0 Å². The zero-order valence-electron chi connectivity index (χ0n) is 24.9. The molecule has 12 heteroatoms. The molecule has 0 unspecified atom stereocenters. The zero-order chi connectivity index (χ0) is 31.3. The lowest BCUT2D eigenvalue weighted by atomic mass is 9.85. The number of ketones is 1. The van der Waals surface area contributed by atoms with Crippen LogP contribution in [0.1, 0.15) is 55.5 Å². The van der Waals surface area contributed by atoms with Crippen LogP contribution < -0.4 is 16.2 Å². The zero-order valence-corrected chi connectivity index (χ0v) is 24.9. The maximum absolute atomic E-state index is 13.5. The largest absolute Gasteiger partial charge is 0.453 e. The summed E-state index contributed by atoms with van der Waals surface area (Å²) >= 11 is 0. The van der Waals surface area contributed by atoms with Gasteiger partial charge in [-0.05, 0) is 32.3 Å². The van der Waals surface area contributed by atoms with Gasteiger partial charge in [-0.15, -0.1) is 10.2 Å². The normalized spacial score (nSPS) is 12.1. The molecule has 0 fully saturated rings. The fraction of sp³-hybridized carbons (Fsp3) is 0.323. The molecule has 0 aliphatic rings. The summed E-state index contributed by atoms with van der Waals surface area (Å²) in [6.45, 7) is 8.43. The molecule has 2 amide bonds. The molecular weight excluding hydrogens is 552 g/mol. The predicted molar refractivity (Wildman–Crippen MR) is 159 cm³/mol. The second-order valence-corrected chi connectivity index (χ2v) is 10.8. The summed E-state index contributed by atoms with van der Waals surface area (Å²) < 4.78 is 11.6. The first-order chi connectivity index (χ1) is 20.4. The lowest BCUT2D eigenvalue weighted by molar-refractivity contribution is -0.122. The van der Waals surface area contributed by atoms with Crippen LogP contribution in [0.4, 0.5) is 10.5 Å². The van der Waals surface area contributed by atoms with Crippen molar-refractivity contribution in [2.45, 2.75) is 52.6 Å². The number of methoxy groups -OCH3 is 1. The molecule has 224 valence electrons. The Balaban J connectivity index is 1.62. The van der Waals surface area contributed by atoms with E-state index in [2.05, 4.69) is 30.6 Å².